The summed E-state index contributed by atoms with van der Waals surface area (Å²) in [5.74, 6) is 1.64. The maximum Gasteiger partial charge on any atom is 0.244 e. The Bertz CT molecular complexity index is 1150. The summed E-state index contributed by atoms with van der Waals surface area (Å²) in [7, 11) is 3.16. The number of rotatable bonds is 9. The summed E-state index contributed by atoms with van der Waals surface area (Å²) in [6.07, 6.45) is 1.76. The van der Waals surface area contributed by atoms with E-state index in [1.54, 1.807) is 38.6 Å². The van der Waals surface area contributed by atoms with Crippen molar-refractivity contribution in [2.75, 3.05) is 14.2 Å². The quantitative estimate of drug-likeness (QED) is 0.190. The molecule has 3 rings (SSSR count). The molecule has 0 aromatic heterocycles. The van der Waals surface area contributed by atoms with E-state index in [9.17, 15) is 4.79 Å². The fraction of sp³-hybridized carbons (Fsp3) is 0.167. The molecule has 9 heteroatoms. The van der Waals surface area contributed by atoms with Gasteiger partial charge in [-0.2, -0.15) is 5.10 Å². The van der Waals surface area contributed by atoms with Crippen molar-refractivity contribution in [3.63, 3.8) is 0 Å². The monoisotopic (exact) mass is 598 g/mol. The second-order valence-electron chi connectivity index (χ2n) is 6.88. The molecule has 0 bridgehead atoms. The van der Waals surface area contributed by atoms with Crippen LogP contribution in [-0.4, -0.2) is 26.3 Å². The van der Waals surface area contributed by atoms with Gasteiger partial charge in [0.2, 0.25) is 5.91 Å². The number of benzene rings is 3. The Labute approximate surface area is 216 Å². The van der Waals surface area contributed by atoms with E-state index in [2.05, 4.69) is 33.1 Å². The smallest absolute Gasteiger partial charge is 0.244 e. The minimum absolute atomic E-state index is 0.211. The first-order valence-electron chi connectivity index (χ1n) is 9.78. The van der Waals surface area contributed by atoms with Crippen LogP contribution in [0.15, 0.2) is 59.7 Å². The van der Waals surface area contributed by atoms with Crippen LogP contribution in [0.5, 0.6) is 17.2 Å². The van der Waals surface area contributed by atoms with Crippen LogP contribution in [0.25, 0.3) is 0 Å². The van der Waals surface area contributed by atoms with Crippen molar-refractivity contribution in [1.82, 2.24) is 5.43 Å². The second-order valence-corrected chi connectivity index (χ2v) is 8.88. The van der Waals surface area contributed by atoms with Crippen LogP contribution < -0.4 is 19.6 Å². The van der Waals surface area contributed by atoms with Crippen molar-refractivity contribution in [3.8, 4) is 17.2 Å². The highest BCUT2D eigenvalue weighted by Crippen LogP contribution is 2.34. The molecule has 0 radical (unpaired) electrons. The van der Waals surface area contributed by atoms with Crippen molar-refractivity contribution < 1.29 is 19.0 Å². The number of carbonyl (C=O) groups excluding carboxylic acids is 1. The lowest BCUT2D eigenvalue weighted by atomic mass is 10.1. The highest BCUT2D eigenvalue weighted by atomic mass is 127. The summed E-state index contributed by atoms with van der Waals surface area (Å²) < 4.78 is 17.4. The molecule has 0 saturated heterocycles. The van der Waals surface area contributed by atoms with Crippen molar-refractivity contribution in [2.24, 2.45) is 5.10 Å². The van der Waals surface area contributed by atoms with Crippen molar-refractivity contribution in [3.05, 3.63) is 84.9 Å². The fourth-order valence-corrected chi connectivity index (χ4v) is 4.13. The van der Waals surface area contributed by atoms with Crippen LogP contribution in [0.1, 0.15) is 16.7 Å². The van der Waals surface area contributed by atoms with Gasteiger partial charge in [-0.25, -0.2) is 5.43 Å². The van der Waals surface area contributed by atoms with E-state index in [1.165, 1.54) is 0 Å². The molecule has 172 valence electrons. The Hall–Kier alpha value is -2.49. The number of nitrogens with one attached hydrogen (secondary N) is 1. The number of ether oxygens (including phenoxy) is 3. The number of halogens is 3. The Balaban J connectivity index is 1.63. The molecule has 1 N–H and O–H groups in total. The van der Waals surface area contributed by atoms with Crippen LogP contribution in [-0.2, 0) is 17.8 Å². The molecule has 0 aliphatic carbocycles. The van der Waals surface area contributed by atoms with Gasteiger partial charge in [-0.15, -0.1) is 0 Å². The molecule has 0 spiro atoms. The lowest BCUT2D eigenvalue weighted by Crippen LogP contribution is -2.19. The molecule has 0 unspecified atom stereocenters. The van der Waals surface area contributed by atoms with E-state index in [4.69, 9.17) is 37.4 Å². The summed E-state index contributed by atoms with van der Waals surface area (Å²) in [6, 6.07) is 16.2. The molecular formula is C24H21Cl2IN2O4. The van der Waals surface area contributed by atoms with Crippen LogP contribution >= 0.6 is 45.8 Å². The molecule has 0 heterocycles. The predicted octanol–water partition coefficient (Wildman–Crippen LogP) is 5.89. The van der Waals surface area contributed by atoms with Crippen LogP contribution in [0.2, 0.25) is 10.0 Å². The molecule has 0 fully saturated rings. The Morgan fingerprint density at radius 2 is 1.82 bits per heavy atom. The van der Waals surface area contributed by atoms with Crippen molar-refractivity contribution in [1.29, 1.82) is 0 Å². The number of hydrogen-bond donors (Lipinski definition) is 1. The van der Waals surface area contributed by atoms with Crippen LogP contribution in [0.3, 0.4) is 0 Å². The number of hydrazone groups is 1. The van der Waals surface area contributed by atoms with Gasteiger partial charge in [0.05, 0.1) is 30.4 Å². The zero-order valence-corrected chi connectivity index (χ0v) is 21.6. The molecule has 0 atom stereocenters. The first-order chi connectivity index (χ1) is 15.9. The molecule has 3 aromatic rings. The van der Waals surface area contributed by atoms with Gasteiger partial charge in [0, 0.05) is 15.6 Å². The number of amides is 1. The molecule has 33 heavy (non-hydrogen) atoms. The standard InChI is InChI=1S/C24H21Cl2IN2O4/c1-31-19-7-3-15(4-8-19)11-23(30)29-28-13-16-9-21(27)24(22(10-16)32-2)33-14-17-5-6-18(25)12-20(17)26/h3-10,12-13H,11,14H2,1-2H3,(H,29,30)/b28-13-. The Morgan fingerprint density at radius 1 is 1.06 bits per heavy atom. The minimum atomic E-state index is -0.224. The summed E-state index contributed by atoms with van der Waals surface area (Å²) in [6.45, 7) is 0.261. The van der Waals surface area contributed by atoms with Gasteiger partial charge in [0.25, 0.3) is 0 Å². The minimum Gasteiger partial charge on any atom is -0.497 e. The maximum absolute atomic E-state index is 12.1. The van der Waals surface area contributed by atoms with E-state index in [1.807, 2.05) is 36.4 Å². The number of hydrogen-bond acceptors (Lipinski definition) is 5. The molecule has 6 nitrogen and oxygen atoms in total. The summed E-state index contributed by atoms with van der Waals surface area (Å²) in [4.78, 5) is 12.1. The number of carbonyl (C=O) groups is 1. The lowest BCUT2D eigenvalue weighted by Gasteiger charge is -2.14. The van der Waals surface area contributed by atoms with Crippen LogP contribution in [0.4, 0.5) is 0 Å². The lowest BCUT2D eigenvalue weighted by molar-refractivity contribution is -0.120. The third-order valence-corrected chi connectivity index (χ3v) is 5.95. The van der Waals surface area contributed by atoms with E-state index in [0.29, 0.717) is 21.5 Å². The molecule has 1 amide bonds. The third-order valence-electron chi connectivity index (χ3n) is 4.57. The molecule has 0 aliphatic rings. The van der Waals surface area contributed by atoms with Crippen molar-refractivity contribution >= 4 is 57.9 Å². The zero-order valence-electron chi connectivity index (χ0n) is 17.9. The summed E-state index contributed by atoms with van der Waals surface area (Å²) in [5, 5.41) is 5.15. The average molecular weight is 599 g/mol. The van der Waals surface area contributed by atoms with Gasteiger partial charge in [-0.1, -0.05) is 41.4 Å². The first-order valence-corrected chi connectivity index (χ1v) is 11.6. The fourth-order valence-electron chi connectivity index (χ4n) is 2.89. The van der Waals surface area contributed by atoms with Gasteiger partial charge >= 0.3 is 0 Å². The maximum atomic E-state index is 12.1. The average Bonchev–Trinajstić information content (AvgIpc) is 2.79. The SMILES string of the molecule is COc1ccc(CC(=O)N/N=C\c2cc(I)c(OCc3ccc(Cl)cc3Cl)c(OC)c2)cc1. The molecular weight excluding hydrogens is 578 g/mol. The second kappa shape index (κ2) is 12.1. The number of nitrogens with zero attached hydrogens (tertiary/aromatic N) is 1. The summed E-state index contributed by atoms with van der Waals surface area (Å²) in [5.41, 5.74) is 4.96. The van der Waals surface area contributed by atoms with E-state index in [0.717, 1.165) is 26.0 Å². The zero-order chi connectivity index (χ0) is 23.8. The summed E-state index contributed by atoms with van der Waals surface area (Å²) >= 11 is 14.3. The first kappa shape index (κ1) is 25.1. The van der Waals surface area contributed by atoms with Crippen LogP contribution in [0, 0.1) is 3.57 Å². The van der Waals surface area contributed by atoms with Gasteiger partial charge in [0.15, 0.2) is 11.5 Å². The Kier molecular flexibility index (Phi) is 9.22. The van der Waals surface area contributed by atoms with Crippen molar-refractivity contribution in [2.45, 2.75) is 13.0 Å². The largest absolute Gasteiger partial charge is 0.497 e. The molecule has 3 aromatic carbocycles. The normalized spacial score (nSPS) is 10.8. The highest BCUT2D eigenvalue weighted by molar-refractivity contribution is 14.1. The van der Waals surface area contributed by atoms with E-state index < -0.39 is 0 Å². The highest BCUT2D eigenvalue weighted by Gasteiger charge is 2.13. The van der Waals surface area contributed by atoms with Gasteiger partial charge in [-0.3, -0.25) is 4.79 Å². The van der Waals surface area contributed by atoms with E-state index in [-0.39, 0.29) is 18.9 Å². The topological polar surface area (TPSA) is 69.2 Å². The predicted molar refractivity (Wildman–Crippen MR) is 139 cm³/mol. The van der Waals surface area contributed by atoms with Gasteiger partial charge in [0.1, 0.15) is 12.4 Å². The molecule has 0 saturated carbocycles. The Morgan fingerprint density at radius 3 is 2.48 bits per heavy atom. The molecule has 0 aliphatic heterocycles. The van der Waals surface area contributed by atoms with Gasteiger partial charge in [-0.05, 0) is 70.1 Å². The number of methoxy groups -OCH3 is 2. The van der Waals surface area contributed by atoms with Gasteiger partial charge < -0.3 is 14.2 Å². The third kappa shape index (κ3) is 7.25. The van der Waals surface area contributed by atoms with E-state index >= 15 is 0 Å².